The molecule has 0 saturated carbocycles. The van der Waals surface area contributed by atoms with Gasteiger partial charge in [-0.2, -0.15) is 0 Å². The summed E-state index contributed by atoms with van der Waals surface area (Å²) in [5, 5.41) is 27.5. The Labute approximate surface area is 181 Å². The zero-order valence-electron chi connectivity index (χ0n) is 17.1. The van der Waals surface area contributed by atoms with Gasteiger partial charge in [-0.25, -0.2) is 0 Å². The fraction of sp³-hybridized carbons (Fsp3) is 0.0741. The molecular formula is C27H24O4. The summed E-state index contributed by atoms with van der Waals surface area (Å²) in [7, 11) is 0. The summed E-state index contributed by atoms with van der Waals surface area (Å²) in [5.74, 6) is 0.944. The fourth-order valence-corrected chi connectivity index (χ4v) is 3.09. The molecule has 4 nitrogen and oxygen atoms in total. The number of hydrogen-bond acceptors (Lipinski definition) is 4. The number of phenols is 3. The molecule has 0 heterocycles. The largest absolute Gasteiger partial charge is 0.508 e. The Hall–Kier alpha value is -4.05. The molecule has 3 N–H and O–H groups in total. The highest BCUT2D eigenvalue weighted by molar-refractivity contribution is 6.08. The topological polar surface area (TPSA) is 77.8 Å². The Morgan fingerprint density at radius 3 is 1.32 bits per heavy atom. The van der Waals surface area contributed by atoms with Crippen LogP contribution in [0.1, 0.15) is 39.9 Å². The lowest BCUT2D eigenvalue weighted by Crippen LogP contribution is -1.99. The summed E-state index contributed by atoms with van der Waals surface area (Å²) in [5.41, 5.74) is 3.52. The molecule has 0 unspecified atom stereocenters. The predicted molar refractivity (Wildman–Crippen MR) is 122 cm³/mol. The van der Waals surface area contributed by atoms with E-state index in [-0.39, 0.29) is 28.9 Å². The van der Waals surface area contributed by atoms with Crippen molar-refractivity contribution in [2.24, 2.45) is 0 Å². The normalized spacial score (nSPS) is 10.3. The number of hydrogen-bond donors (Lipinski definition) is 3. The maximum absolute atomic E-state index is 11.9. The van der Waals surface area contributed by atoms with Crippen molar-refractivity contribution in [3.63, 3.8) is 0 Å². The molecule has 0 aliphatic carbocycles. The first-order chi connectivity index (χ1) is 14.9. The molecule has 0 bridgehead atoms. The van der Waals surface area contributed by atoms with Crippen LogP contribution in [-0.2, 0) is 0 Å². The molecule has 0 fully saturated rings. The van der Waals surface area contributed by atoms with Gasteiger partial charge in [-0.3, -0.25) is 4.79 Å². The number of phenolic OH excluding ortho intramolecular Hbond substituents is 3. The van der Waals surface area contributed by atoms with Crippen molar-refractivity contribution < 1.29 is 20.1 Å². The van der Waals surface area contributed by atoms with Gasteiger partial charge in [-0.05, 0) is 59.7 Å². The maximum atomic E-state index is 11.9. The molecule has 31 heavy (non-hydrogen) atoms. The zero-order valence-corrected chi connectivity index (χ0v) is 17.1. The SMILES string of the molecule is CC(c1ccc(O)cc1)c1ccc(O)cc1.O=C(c1ccccc1)c1ccc(O)cc1. The van der Waals surface area contributed by atoms with Crippen LogP contribution in [0.2, 0.25) is 0 Å². The summed E-state index contributed by atoms with van der Waals surface area (Å²) in [4.78, 5) is 11.9. The van der Waals surface area contributed by atoms with E-state index in [1.165, 1.54) is 12.1 Å². The van der Waals surface area contributed by atoms with Crippen molar-refractivity contribution in [3.05, 3.63) is 125 Å². The molecular weight excluding hydrogens is 388 g/mol. The Balaban J connectivity index is 0.000000176. The minimum Gasteiger partial charge on any atom is -0.508 e. The highest BCUT2D eigenvalue weighted by Gasteiger charge is 2.08. The van der Waals surface area contributed by atoms with Crippen LogP contribution in [0.4, 0.5) is 0 Å². The molecule has 0 spiro atoms. The summed E-state index contributed by atoms with van der Waals surface area (Å²) in [6.45, 7) is 2.10. The van der Waals surface area contributed by atoms with Crippen LogP contribution < -0.4 is 0 Å². The van der Waals surface area contributed by atoms with Crippen LogP contribution >= 0.6 is 0 Å². The highest BCUT2D eigenvalue weighted by atomic mass is 16.3. The third kappa shape index (κ3) is 5.97. The van der Waals surface area contributed by atoms with Crippen molar-refractivity contribution in [3.8, 4) is 17.2 Å². The van der Waals surface area contributed by atoms with E-state index >= 15 is 0 Å². The van der Waals surface area contributed by atoms with Gasteiger partial charge < -0.3 is 15.3 Å². The first-order valence-corrected chi connectivity index (χ1v) is 9.90. The maximum Gasteiger partial charge on any atom is 0.193 e. The number of aromatic hydroxyl groups is 3. The second-order valence-electron chi connectivity index (χ2n) is 7.15. The molecule has 4 heteroatoms. The first-order valence-electron chi connectivity index (χ1n) is 9.90. The highest BCUT2D eigenvalue weighted by Crippen LogP contribution is 2.26. The van der Waals surface area contributed by atoms with E-state index in [4.69, 9.17) is 5.11 Å². The first kappa shape index (κ1) is 21.7. The number of carbonyl (C=O) groups is 1. The van der Waals surface area contributed by atoms with Crippen molar-refractivity contribution >= 4 is 5.78 Å². The lowest BCUT2D eigenvalue weighted by Gasteiger charge is -2.12. The number of benzene rings is 4. The fourth-order valence-electron chi connectivity index (χ4n) is 3.09. The van der Waals surface area contributed by atoms with Crippen LogP contribution in [0.25, 0.3) is 0 Å². The third-order valence-corrected chi connectivity index (χ3v) is 4.95. The van der Waals surface area contributed by atoms with Crippen LogP contribution in [0.3, 0.4) is 0 Å². The minimum absolute atomic E-state index is 0.0319. The van der Waals surface area contributed by atoms with E-state index < -0.39 is 0 Å². The predicted octanol–water partition coefficient (Wildman–Crippen LogP) is 5.87. The minimum atomic E-state index is -0.0319. The second kappa shape index (κ2) is 10.1. The van der Waals surface area contributed by atoms with Gasteiger partial charge in [0.05, 0.1) is 0 Å². The lowest BCUT2D eigenvalue weighted by molar-refractivity contribution is 0.103. The molecule has 0 radical (unpaired) electrons. The zero-order chi connectivity index (χ0) is 22.2. The third-order valence-electron chi connectivity index (χ3n) is 4.95. The summed E-state index contributed by atoms with van der Waals surface area (Å²) >= 11 is 0. The van der Waals surface area contributed by atoms with Gasteiger partial charge >= 0.3 is 0 Å². The summed E-state index contributed by atoms with van der Waals surface area (Å²) in [6.07, 6.45) is 0. The molecule has 0 aliphatic heterocycles. The Morgan fingerprint density at radius 1 is 0.548 bits per heavy atom. The molecule has 0 aliphatic rings. The second-order valence-corrected chi connectivity index (χ2v) is 7.15. The standard InChI is InChI=1S/C14H14O2.C13H10O2/c1-10(11-2-6-13(15)7-3-11)12-4-8-14(16)9-5-12;14-12-8-6-11(7-9-12)13(15)10-4-2-1-3-5-10/h2-10,15-16H,1H3;1-9,14H. The molecule has 156 valence electrons. The van der Waals surface area contributed by atoms with Gasteiger partial charge in [0.25, 0.3) is 0 Å². The van der Waals surface area contributed by atoms with Crippen molar-refractivity contribution in [1.82, 2.24) is 0 Å². The van der Waals surface area contributed by atoms with E-state index in [1.807, 2.05) is 42.5 Å². The van der Waals surface area contributed by atoms with Gasteiger partial charge in [-0.1, -0.05) is 61.5 Å². The van der Waals surface area contributed by atoms with Crippen molar-refractivity contribution in [2.45, 2.75) is 12.8 Å². The molecule has 0 aromatic heterocycles. The molecule has 0 atom stereocenters. The van der Waals surface area contributed by atoms with Gasteiger partial charge in [0.2, 0.25) is 0 Å². The Kier molecular flexibility index (Phi) is 7.07. The Morgan fingerprint density at radius 2 is 0.903 bits per heavy atom. The van der Waals surface area contributed by atoms with E-state index in [2.05, 4.69) is 6.92 Å². The van der Waals surface area contributed by atoms with Gasteiger partial charge in [-0.15, -0.1) is 0 Å². The number of rotatable bonds is 4. The molecule has 4 aromatic rings. The summed E-state index contributed by atoms with van der Waals surface area (Å²) < 4.78 is 0. The monoisotopic (exact) mass is 412 g/mol. The molecule has 4 rings (SSSR count). The number of carbonyl (C=O) groups excluding carboxylic acids is 1. The molecule has 0 saturated heterocycles. The van der Waals surface area contributed by atoms with Crippen LogP contribution in [0, 0.1) is 0 Å². The average molecular weight is 412 g/mol. The van der Waals surface area contributed by atoms with Crippen LogP contribution in [0.5, 0.6) is 17.2 Å². The van der Waals surface area contributed by atoms with Crippen LogP contribution in [-0.4, -0.2) is 21.1 Å². The van der Waals surface area contributed by atoms with Gasteiger partial charge in [0.1, 0.15) is 17.2 Å². The number of ketones is 1. The summed E-state index contributed by atoms with van der Waals surface area (Å²) in [6, 6.07) is 29.7. The van der Waals surface area contributed by atoms with Crippen LogP contribution in [0.15, 0.2) is 103 Å². The van der Waals surface area contributed by atoms with Crippen molar-refractivity contribution in [2.75, 3.05) is 0 Å². The Bertz CT molecular complexity index is 1060. The molecule has 0 amide bonds. The van der Waals surface area contributed by atoms with Crippen molar-refractivity contribution in [1.29, 1.82) is 0 Å². The van der Waals surface area contributed by atoms with E-state index in [0.717, 1.165) is 11.1 Å². The molecule has 4 aromatic carbocycles. The van der Waals surface area contributed by atoms with Gasteiger partial charge in [0.15, 0.2) is 5.78 Å². The average Bonchev–Trinajstić information content (AvgIpc) is 2.81. The van der Waals surface area contributed by atoms with E-state index in [0.29, 0.717) is 11.1 Å². The quantitative estimate of drug-likeness (QED) is 0.366. The smallest absolute Gasteiger partial charge is 0.193 e. The van der Waals surface area contributed by atoms with E-state index in [9.17, 15) is 15.0 Å². The van der Waals surface area contributed by atoms with E-state index in [1.54, 1.807) is 48.5 Å². The van der Waals surface area contributed by atoms with Gasteiger partial charge in [0, 0.05) is 17.0 Å². The lowest BCUT2D eigenvalue weighted by atomic mass is 9.93.